The first kappa shape index (κ1) is 20.8. The number of hydrogen-bond acceptors (Lipinski definition) is 4. The van der Waals surface area contributed by atoms with Gasteiger partial charge in [0.05, 0.1) is 0 Å². The minimum Gasteiger partial charge on any atom is -0.216 e. The van der Waals surface area contributed by atoms with Gasteiger partial charge >= 0.3 is 0 Å². The van der Waals surface area contributed by atoms with E-state index in [0.29, 0.717) is 27.3 Å². The van der Waals surface area contributed by atoms with E-state index in [-0.39, 0.29) is 5.82 Å². The van der Waals surface area contributed by atoms with Crippen molar-refractivity contribution in [2.75, 3.05) is 0 Å². The Morgan fingerprint density at radius 3 is 2.60 bits per heavy atom. The van der Waals surface area contributed by atoms with Gasteiger partial charge in [0.1, 0.15) is 5.82 Å². The summed E-state index contributed by atoms with van der Waals surface area (Å²) < 4.78 is 15.8. The lowest BCUT2D eigenvalue weighted by atomic mass is 9.97. The lowest BCUT2D eigenvalue weighted by molar-refractivity contribution is 0.617. The van der Waals surface area contributed by atoms with Gasteiger partial charge in [0.15, 0.2) is 0 Å². The highest BCUT2D eigenvalue weighted by Gasteiger charge is 2.16. The third-order valence-corrected chi connectivity index (χ3v) is 6.53. The summed E-state index contributed by atoms with van der Waals surface area (Å²) >= 11 is 7.48. The van der Waals surface area contributed by atoms with E-state index >= 15 is 0 Å². The highest BCUT2D eigenvalue weighted by atomic mass is 35.5. The number of rotatable bonds is 5. The van der Waals surface area contributed by atoms with E-state index in [1.165, 1.54) is 34.5 Å². The van der Waals surface area contributed by atoms with E-state index < -0.39 is 0 Å². The third-order valence-electron chi connectivity index (χ3n) is 5.31. The smallest absolute Gasteiger partial charge is 0.216 e. The van der Waals surface area contributed by atoms with Crippen LogP contribution in [0.15, 0.2) is 41.6 Å². The molecule has 0 atom stereocenters. The van der Waals surface area contributed by atoms with E-state index in [2.05, 4.69) is 47.1 Å². The topological polar surface area (TPSA) is 43.1 Å². The number of nitrogens with zero attached hydrogens (tertiary/aromatic N) is 4. The molecule has 0 spiro atoms. The number of thioether (sulfide) groups is 1. The van der Waals surface area contributed by atoms with Gasteiger partial charge in [0.25, 0.3) is 5.78 Å². The Morgan fingerprint density at radius 2 is 1.83 bits per heavy atom. The molecular weight excluding hydrogens is 419 g/mol. The summed E-state index contributed by atoms with van der Waals surface area (Å²) in [5.41, 5.74) is 7.35. The Morgan fingerprint density at radius 1 is 1.03 bits per heavy atom. The molecule has 0 fully saturated rings. The van der Waals surface area contributed by atoms with Crippen LogP contribution in [0.3, 0.4) is 0 Å². The second-order valence-corrected chi connectivity index (χ2v) is 8.81. The molecule has 0 aliphatic rings. The predicted octanol–water partition coefficient (Wildman–Crippen LogP) is 6.03. The van der Waals surface area contributed by atoms with Gasteiger partial charge in [0, 0.05) is 34.1 Å². The minimum atomic E-state index is -0.320. The van der Waals surface area contributed by atoms with Crippen molar-refractivity contribution >= 4 is 29.1 Å². The minimum absolute atomic E-state index is 0.320. The van der Waals surface area contributed by atoms with Crippen molar-refractivity contribution in [3.8, 4) is 0 Å². The summed E-state index contributed by atoms with van der Waals surface area (Å²) in [4.78, 5) is 9.20. The van der Waals surface area contributed by atoms with Gasteiger partial charge in [-0.05, 0) is 56.5 Å². The molecule has 2 aromatic heterocycles. The van der Waals surface area contributed by atoms with Crippen molar-refractivity contribution in [3.63, 3.8) is 0 Å². The molecule has 4 nitrogen and oxygen atoms in total. The molecule has 0 amide bonds. The molecule has 0 saturated carbocycles. The first-order valence-electron chi connectivity index (χ1n) is 9.68. The van der Waals surface area contributed by atoms with Gasteiger partial charge < -0.3 is 0 Å². The summed E-state index contributed by atoms with van der Waals surface area (Å²) in [5, 5.41) is 5.57. The molecule has 4 aromatic rings. The first-order valence-corrected chi connectivity index (χ1v) is 11.0. The largest absolute Gasteiger partial charge is 0.253 e. The molecular formula is C23H22ClFN4S. The molecule has 7 heteroatoms. The SMILES string of the molecule is Cc1ccc(C)c(Cc2c(C)nc3nc(SCc4c(F)cccc4Cl)nn3c2C)c1. The van der Waals surface area contributed by atoms with Crippen LogP contribution in [-0.2, 0) is 12.2 Å². The fourth-order valence-corrected chi connectivity index (χ4v) is 4.66. The zero-order valence-electron chi connectivity index (χ0n) is 17.3. The highest BCUT2D eigenvalue weighted by molar-refractivity contribution is 7.98. The summed E-state index contributed by atoms with van der Waals surface area (Å²) in [6, 6.07) is 11.2. The highest BCUT2D eigenvalue weighted by Crippen LogP contribution is 2.28. The van der Waals surface area contributed by atoms with E-state index in [0.717, 1.165) is 23.4 Å². The number of halogens is 2. The number of hydrogen-bond donors (Lipinski definition) is 0. The maximum absolute atomic E-state index is 14.0. The predicted molar refractivity (Wildman–Crippen MR) is 120 cm³/mol. The molecule has 2 aromatic carbocycles. The van der Waals surface area contributed by atoms with Crippen molar-refractivity contribution in [2.24, 2.45) is 0 Å². The Balaban J connectivity index is 1.65. The summed E-state index contributed by atoms with van der Waals surface area (Å²) in [7, 11) is 0. The molecule has 2 heterocycles. The molecule has 0 unspecified atom stereocenters. The molecule has 30 heavy (non-hydrogen) atoms. The van der Waals surface area contributed by atoms with Crippen LogP contribution in [0.1, 0.15) is 39.2 Å². The van der Waals surface area contributed by atoms with Gasteiger partial charge in [0.2, 0.25) is 5.16 Å². The molecule has 0 aliphatic carbocycles. The van der Waals surface area contributed by atoms with Crippen LogP contribution >= 0.6 is 23.4 Å². The maximum Gasteiger partial charge on any atom is 0.253 e. The lowest BCUT2D eigenvalue weighted by Crippen LogP contribution is -2.07. The van der Waals surface area contributed by atoms with Crippen LogP contribution in [0, 0.1) is 33.5 Å². The van der Waals surface area contributed by atoms with Gasteiger partial charge in [-0.25, -0.2) is 13.9 Å². The fourth-order valence-electron chi connectivity index (χ4n) is 3.50. The van der Waals surface area contributed by atoms with E-state index in [9.17, 15) is 4.39 Å². The monoisotopic (exact) mass is 440 g/mol. The second-order valence-electron chi connectivity index (χ2n) is 7.46. The Labute approximate surface area is 184 Å². The molecule has 0 radical (unpaired) electrons. The molecule has 0 bridgehead atoms. The zero-order valence-corrected chi connectivity index (χ0v) is 18.9. The Bertz CT molecular complexity index is 1230. The number of aromatic nitrogens is 4. The quantitative estimate of drug-likeness (QED) is 0.355. The van der Waals surface area contributed by atoms with E-state index in [1.807, 2.05) is 13.8 Å². The van der Waals surface area contributed by atoms with E-state index in [4.69, 9.17) is 11.6 Å². The van der Waals surface area contributed by atoms with Crippen molar-refractivity contribution in [1.29, 1.82) is 0 Å². The van der Waals surface area contributed by atoms with Crippen molar-refractivity contribution < 1.29 is 4.39 Å². The summed E-state index contributed by atoms with van der Waals surface area (Å²) in [6.45, 7) is 8.28. The number of fused-ring (bicyclic) bond motifs is 1. The molecule has 0 saturated heterocycles. The third kappa shape index (κ3) is 4.07. The Kier molecular flexibility index (Phi) is 5.80. The van der Waals surface area contributed by atoms with Crippen LogP contribution in [0.25, 0.3) is 5.78 Å². The number of benzene rings is 2. The first-order chi connectivity index (χ1) is 14.3. The van der Waals surface area contributed by atoms with Crippen LogP contribution < -0.4 is 0 Å². The Hall–Kier alpha value is -2.44. The molecule has 154 valence electrons. The van der Waals surface area contributed by atoms with Crippen LogP contribution in [0.2, 0.25) is 5.02 Å². The molecule has 0 aliphatic heterocycles. The van der Waals surface area contributed by atoms with Crippen LogP contribution in [0.5, 0.6) is 0 Å². The fraction of sp³-hybridized carbons (Fsp3) is 0.261. The van der Waals surface area contributed by atoms with Crippen LogP contribution in [0.4, 0.5) is 4.39 Å². The number of aryl methyl sites for hydroxylation is 4. The normalized spacial score (nSPS) is 11.4. The van der Waals surface area contributed by atoms with Gasteiger partial charge in [-0.15, -0.1) is 5.10 Å². The van der Waals surface area contributed by atoms with E-state index in [1.54, 1.807) is 16.6 Å². The van der Waals surface area contributed by atoms with Gasteiger partial charge in [-0.1, -0.05) is 53.2 Å². The van der Waals surface area contributed by atoms with Crippen molar-refractivity contribution in [1.82, 2.24) is 19.6 Å². The average Bonchev–Trinajstić information content (AvgIpc) is 3.10. The second kappa shape index (κ2) is 8.36. The van der Waals surface area contributed by atoms with Crippen LogP contribution in [-0.4, -0.2) is 19.6 Å². The van der Waals surface area contributed by atoms with Gasteiger partial charge in [-0.3, -0.25) is 0 Å². The molecule has 0 N–H and O–H groups in total. The lowest BCUT2D eigenvalue weighted by Gasteiger charge is -2.12. The zero-order chi connectivity index (χ0) is 21.4. The van der Waals surface area contributed by atoms with Crippen molar-refractivity contribution in [2.45, 2.75) is 45.0 Å². The van der Waals surface area contributed by atoms with Crippen molar-refractivity contribution in [3.05, 3.63) is 86.4 Å². The maximum atomic E-state index is 14.0. The standard InChI is InChI=1S/C23H22ClFN4S/c1-13-8-9-14(2)17(10-13)11-18-15(3)26-22-27-23(28-29(22)16(18)4)30-12-19-20(24)6-5-7-21(19)25/h5-10H,11-12H2,1-4H3. The summed E-state index contributed by atoms with van der Waals surface area (Å²) in [5.74, 6) is 0.590. The molecule has 4 rings (SSSR count). The average molecular weight is 441 g/mol. The van der Waals surface area contributed by atoms with Gasteiger partial charge in [-0.2, -0.15) is 4.98 Å². The summed E-state index contributed by atoms with van der Waals surface area (Å²) in [6.07, 6.45) is 0.793.